The molecule has 0 heterocycles. The molecule has 0 aromatic carbocycles. The molecule has 0 spiro atoms. The van der Waals surface area contributed by atoms with Gasteiger partial charge in [-0.1, -0.05) is 6.92 Å². The summed E-state index contributed by atoms with van der Waals surface area (Å²) in [6.45, 7) is 2.24. The van der Waals surface area contributed by atoms with Crippen LogP contribution < -0.4 is 15.8 Å². The van der Waals surface area contributed by atoms with Crippen molar-refractivity contribution in [1.29, 1.82) is 0 Å². The molecule has 0 saturated carbocycles. The zero-order valence-corrected chi connectivity index (χ0v) is 9.23. The Morgan fingerprint density at radius 1 is 1.43 bits per heavy atom. The monoisotopic (exact) mass is 223 g/mol. The quantitative estimate of drug-likeness (QED) is 0.471. The number of carbonyl (C=O) groups excluding carboxylic acids is 1. The van der Waals surface area contributed by atoms with Crippen LogP contribution in [-0.4, -0.2) is 39.7 Å². The molecule has 14 heavy (non-hydrogen) atoms. The highest BCUT2D eigenvalue weighted by Gasteiger charge is 2.09. The molecule has 0 aromatic rings. The average molecular weight is 223 g/mol. The SMILES string of the molecule is CCC(N)C(=O)NCCNS(C)(=O)=O. The molecule has 7 heteroatoms. The van der Waals surface area contributed by atoms with Crippen molar-refractivity contribution in [2.45, 2.75) is 19.4 Å². The van der Waals surface area contributed by atoms with Crippen molar-refractivity contribution in [2.24, 2.45) is 5.73 Å². The van der Waals surface area contributed by atoms with Crippen molar-refractivity contribution >= 4 is 15.9 Å². The topological polar surface area (TPSA) is 101 Å². The van der Waals surface area contributed by atoms with Crippen molar-refractivity contribution in [3.63, 3.8) is 0 Å². The molecule has 0 aliphatic heterocycles. The fourth-order valence-electron chi connectivity index (χ4n) is 0.739. The summed E-state index contributed by atoms with van der Waals surface area (Å²) in [6.07, 6.45) is 1.62. The standard InChI is InChI=1S/C7H17N3O3S/c1-3-6(8)7(11)9-4-5-10-14(2,12)13/h6,10H,3-5,8H2,1-2H3,(H,9,11). The van der Waals surface area contributed by atoms with Crippen molar-refractivity contribution in [3.8, 4) is 0 Å². The average Bonchev–Trinajstić information content (AvgIpc) is 2.09. The minimum Gasteiger partial charge on any atom is -0.353 e. The Bertz CT molecular complexity index is 276. The van der Waals surface area contributed by atoms with Gasteiger partial charge in [-0.05, 0) is 6.42 Å². The van der Waals surface area contributed by atoms with Crippen molar-refractivity contribution in [1.82, 2.24) is 10.0 Å². The molecule has 6 nitrogen and oxygen atoms in total. The maximum Gasteiger partial charge on any atom is 0.236 e. The summed E-state index contributed by atoms with van der Waals surface area (Å²) in [4.78, 5) is 11.1. The summed E-state index contributed by atoms with van der Waals surface area (Å²) in [5.41, 5.74) is 5.43. The van der Waals surface area contributed by atoms with Crippen LogP contribution in [0.2, 0.25) is 0 Å². The smallest absolute Gasteiger partial charge is 0.236 e. The number of hydrogen-bond donors (Lipinski definition) is 3. The van der Waals surface area contributed by atoms with Crippen molar-refractivity contribution in [2.75, 3.05) is 19.3 Å². The molecule has 1 atom stereocenters. The first kappa shape index (κ1) is 13.3. The molecule has 0 aliphatic rings. The van der Waals surface area contributed by atoms with Gasteiger partial charge in [-0.3, -0.25) is 4.79 Å². The Labute approximate surface area is 84.3 Å². The molecule has 0 bridgehead atoms. The Kier molecular flexibility index (Phi) is 5.66. The summed E-state index contributed by atoms with van der Waals surface area (Å²) in [7, 11) is -3.18. The second-order valence-corrected chi connectivity index (χ2v) is 4.81. The van der Waals surface area contributed by atoms with Crippen LogP contribution in [0.1, 0.15) is 13.3 Å². The summed E-state index contributed by atoms with van der Waals surface area (Å²) < 4.78 is 23.5. The zero-order chi connectivity index (χ0) is 11.2. The molecule has 0 fully saturated rings. The second kappa shape index (κ2) is 5.94. The predicted octanol–water partition coefficient (Wildman–Crippen LogP) is -1.61. The second-order valence-electron chi connectivity index (χ2n) is 2.97. The summed E-state index contributed by atoms with van der Waals surface area (Å²) in [6, 6.07) is -0.520. The number of carbonyl (C=O) groups is 1. The van der Waals surface area contributed by atoms with Gasteiger partial charge >= 0.3 is 0 Å². The normalized spacial score (nSPS) is 13.6. The van der Waals surface area contributed by atoms with E-state index in [1.165, 1.54) is 0 Å². The molecule has 4 N–H and O–H groups in total. The summed E-state index contributed by atoms with van der Waals surface area (Å²) in [5.74, 6) is -0.261. The minimum absolute atomic E-state index is 0.182. The van der Waals surface area contributed by atoms with E-state index < -0.39 is 16.1 Å². The lowest BCUT2D eigenvalue weighted by atomic mass is 10.2. The maximum absolute atomic E-state index is 11.1. The first-order chi connectivity index (χ1) is 6.37. The molecule has 0 aromatic heterocycles. The maximum atomic E-state index is 11.1. The van der Waals surface area contributed by atoms with Gasteiger partial charge in [0.2, 0.25) is 15.9 Å². The molecule has 0 saturated heterocycles. The van der Waals surface area contributed by atoms with Crippen LogP contribution in [-0.2, 0) is 14.8 Å². The van der Waals surface area contributed by atoms with E-state index >= 15 is 0 Å². The largest absolute Gasteiger partial charge is 0.353 e. The van der Waals surface area contributed by atoms with Crippen LogP contribution in [0.3, 0.4) is 0 Å². The van der Waals surface area contributed by atoms with Gasteiger partial charge in [0.25, 0.3) is 0 Å². The van der Waals surface area contributed by atoms with Crippen LogP contribution in [0, 0.1) is 0 Å². The van der Waals surface area contributed by atoms with Crippen LogP contribution in [0.25, 0.3) is 0 Å². The van der Waals surface area contributed by atoms with E-state index in [1.54, 1.807) is 6.92 Å². The summed E-state index contributed by atoms with van der Waals surface area (Å²) >= 11 is 0. The summed E-state index contributed by atoms with van der Waals surface area (Å²) in [5, 5.41) is 2.52. The first-order valence-electron chi connectivity index (χ1n) is 4.34. The molecule has 0 aliphatic carbocycles. The van der Waals surface area contributed by atoms with Crippen molar-refractivity contribution in [3.05, 3.63) is 0 Å². The van der Waals surface area contributed by atoms with Gasteiger partial charge in [-0.25, -0.2) is 13.1 Å². The molecular weight excluding hydrogens is 206 g/mol. The van der Waals surface area contributed by atoms with Crippen LogP contribution in [0.5, 0.6) is 0 Å². The number of nitrogens with one attached hydrogen (secondary N) is 2. The highest BCUT2D eigenvalue weighted by molar-refractivity contribution is 7.88. The highest BCUT2D eigenvalue weighted by atomic mass is 32.2. The van der Waals surface area contributed by atoms with Gasteiger partial charge in [0, 0.05) is 13.1 Å². The number of amides is 1. The first-order valence-corrected chi connectivity index (χ1v) is 6.24. The van der Waals surface area contributed by atoms with Gasteiger partial charge < -0.3 is 11.1 Å². The van der Waals surface area contributed by atoms with Crippen LogP contribution in [0.15, 0.2) is 0 Å². The molecule has 1 unspecified atom stereocenters. The van der Waals surface area contributed by atoms with E-state index in [4.69, 9.17) is 5.73 Å². The van der Waals surface area contributed by atoms with Gasteiger partial charge in [-0.15, -0.1) is 0 Å². The Morgan fingerprint density at radius 3 is 2.43 bits per heavy atom. The number of sulfonamides is 1. The number of rotatable bonds is 6. The van der Waals surface area contributed by atoms with E-state index in [1.807, 2.05) is 0 Å². The molecule has 0 radical (unpaired) electrons. The minimum atomic E-state index is -3.18. The molecule has 1 amide bonds. The predicted molar refractivity (Wildman–Crippen MR) is 54.1 cm³/mol. The highest BCUT2D eigenvalue weighted by Crippen LogP contribution is 1.84. The fraction of sp³-hybridized carbons (Fsp3) is 0.857. The third-order valence-corrected chi connectivity index (χ3v) is 2.29. The Hall–Kier alpha value is -0.660. The zero-order valence-electron chi connectivity index (χ0n) is 8.41. The van der Waals surface area contributed by atoms with E-state index in [-0.39, 0.29) is 19.0 Å². The van der Waals surface area contributed by atoms with E-state index in [2.05, 4.69) is 10.0 Å². The Morgan fingerprint density at radius 2 is 2.00 bits per heavy atom. The van der Waals surface area contributed by atoms with E-state index in [0.29, 0.717) is 6.42 Å². The fourth-order valence-corrected chi connectivity index (χ4v) is 1.21. The van der Waals surface area contributed by atoms with E-state index in [9.17, 15) is 13.2 Å². The molecule has 0 rings (SSSR count). The van der Waals surface area contributed by atoms with Crippen LogP contribution >= 0.6 is 0 Å². The molecule has 84 valence electrons. The van der Waals surface area contributed by atoms with Gasteiger partial charge in [0.1, 0.15) is 0 Å². The lowest BCUT2D eigenvalue weighted by molar-refractivity contribution is -0.122. The molecular formula is C7H17N3O3S. The Balaban J connectivity index is 3.61. The lowest BCUT2D eigenvalue weighted by Gasteiger charge is -2.09. The lowest BCUT2D eigenvalue weighted by Crippen LogP contribution is -2.43. The third-order valence-electron chi connectivity index (χ3n) is 1.57. The third kappa shape index (κ3) is 6.81. The van der Waals surface area contributed by atoms with Gasteiger partial charge in [0.05, 0.1) is 12.3 Å². The van der Waals surface area contributed by atoms with Crippen molar-refractivity contribution < 1.29 is 13.2 Å². The number of hydrogen-bond acceptors (Lipinski definition) is 4. The van der Waals surface area contributed by atoms with Gasteiger partial charge in [0.15, 0.2) is 0 Å². The van der Waals surface area contributed by atoms with Crippen LogP contribution in [0.4, 0.5) is 0 Å². The van der Waals surface area contributed by atoms with Gasteiger partial charge in [-0.2, -0.15) is 0 Å². The van der Waals surface area contributed by atoms with E-state index in [0.717, 1.165) is 6.26 Å². The number of nitrogens with two attached hydrogens (primary N) is 1.